The maximum absolute atomic E-state index is 14.0. The molecule has 3 N–H and O–H groups in total. The fourth-order valence-electron chi connectivity index (χ4n) is 2.69. The molecule has 3 aromatic rings. The molecule has 0 bridgehead atoms. The van der Waals surface area contributed by atoms with Crippen LogP contribution >= 0.6 is 0 Å². The standard InChI is InChI=1S/C21H22F2N4O3/c1-11(24-20(29)30-21(2,3)4)19(28)25-13-6-8-16-17(10-13)27-18(26-16)14-9-12(22)5-7-15(14)23/h5-11H,1-4H3,(H,24,29)(H,25,28)(H,26,27)/t11-/m1/s1. The van der Waals surface area contributed by atoms with Gasteiger partial charge in [0.1, 0.15) is 29.1 Å². The summed E-state index contributed by atoms with van der Waals surface area (Å²) in [4.78, 5) is 31.4. The highest BCUT2D eigenvalue weighted by Crippen LogP contribution is 2.25. The average molecular weight is 416 g/mol. The zero-order chi connectivity index (χ0) is 22.1. The van der Waals surface area contributed by atoms with Crippen molar-refractivity contribution in [2.75, 3.05) is 5.32 Å². The van der Waals surface area contributed by atoms with Crippen LogP contribution in [0.5, 0.6) is 0 Å². The van der Waals surface area contributed by atoms with Gasteiger partial charge in [-0.25, -0.2) is 18.6 Å². The Kier molecular flexibility index (Phi) is 5.73. The van der Waals surface area contributed by atoms with Crippen molar-refractivity contribution in [3.05, 3.63) is 48.0 Å². The Morgan fingerprint density at radius 1 is 1.13 bits per heavy atom. The first-order chi connectivity index (χ1) is 14.0. The molecule has 0 fully saturated rings. The van der Waals surface area contributed by atoms with Gasteiger partial charge in [0.15, 0.2) is 0 Å². The summed E-state index contributed by atoms with van der Waals surface area (Å²) in [5.41, 5.74) is 0.822. The third kappa shape index (κ3) is 5.11. The molecular formula is C21H22F2N4O3. The van der Waals surface area contributed by atoms with E-state index in [1.165, 1.54) is 6.92 Å². The third-order valence-electron chi connectivity index (χ3n) is 4.06. The molecule has 7 nitrogen and oxygen atoms in total. The van der Waals surface area contributed by atoms with E-state index in [-0.39, 0.29) is 11.4 Å². The minimum Gasteiger partial charge on any atom is -0.444 e. The van der Waals surface area contributed by atoms with Gasteiger partial charge in [0.05, 0.1) is 16.6 Å². The smallest absolute Gasteiger partial charge is 0.408 e. The fraction of sp³-hybridized carbons (Fsp3) is 0.286. The maximum atomic E-state index is 14.0. The van der Waals surface area contributed by atoms with Crippen molar-refractivity contribution in [3.63, 3.8) is 0 Å². The molecule has 2 aromatic carbocycles. The number of amides is 2. The highest BCUT2D eigenvalue weighted by molar-refractivity contribution is 5.97. The molecule has 3 rings (SSSR count). The molecular weight excluding hydrogens is 394 g/mol. The summed E-state index contributed by atoms with van der Waals surface area (Å²) in [5, 5.41) is 5.14. The van der Waals surface area contributed by atoms with Crippen molar-refractivity contribution in [2.24, 2.45) is 0 Å². The number of halogens is 2. The number of rotatable bonds is 4. The summed E-state index contributed by atoms with van der Waals surface area (Å²) in [6.45, 7) is 6.70. The lowest BCUT2D eigenvalue weighted by atomic mass is 10.2. The van der Waals surface area contributed by atoms with Crippen LogP contribution in [0.2, 0.25) is 0 Å². The number of nitrogens with one attached hydrogen (secondary N) is 3. The molecule has 158 valence electrons. The van der Waals surface area contributed by atoms with Gasteiger partial charge in [-0.15, -0.1) is 0 Å². The van der Waals surface area contributed by atoms with Gasteiger partial charge in [-0.2, -0.15) is 0 Å². The largest absolute Gasteiger partial charge is 0.444 e. The van der Waals surface area contributed by atoms with E-state index in [2.05, 4.69) is 20.6 Å². The summed E-state index contributed by atoms with van der Waals surface area (Å²) in [5.74, 6) is -1.46. The number of carbonyl (C=O) groups is 2. The lowest BCUT2D eigenvalue weighted by molar-refractivity contribution is -0.117. The van der Waals surface area contributed by atoms with Crippen molar-refractivity contribution < 1.29 is 23.1 Å². The summed E-state index contributed by atoms with van der Waals surface area (Å²) >= 11 is 0. The first-order valence-electron chi connectivity index (χ1n) is 9.27. The molecule has 9 heteroatoms. The van der Waals surface area contributed by atoms with Crippen LogP contribution in [-0.2, 0) is 9.53 Å². The van der Waals surface area contributed by atoms with Gasteiger partial charge in [0.2, 0.25) is 5.91 Å². The Labute approximate surface area is 171 Å². The van der Waals surface area contributed by atoms with Gasteiger partial charge in [-0.3, -0.25) is 4.79 Å². The molecule has 1 aromatic heterocycles. The van der Waals surface area contributed by atoms with Crippen molar-refractivity contribution in [3.8, 4) is 11.4 Å². The van der Waals surface area contributed by atoms with E-state index in [0.29, 0.717) is 16.7 Å². The molecule has 0 aliphatic heterocycles. The number of nitrogens with zero attached hydrogens (tertiary/aromatic N) is 1. The molecule has 2 amide bonds. The maximum Gasteiger partial charge on any atom is 0.408 e. The first-order valence-corrected chi connectivity index (χ1v) is 9.27. The number of carbonyl (C=O) groups excluding carboxylic acids is 2. The van der Waals surface area contributed by atoms with Gasteiger partial charge >= 0.3 is 6.09 Å². The van der Waals surface area contributed by atoms with Crippen molar-refractivity contribution in [2.45, 2.75) is 39.3 Å². The molecule has 0 spiro atoms. The predicted octanol–water partition coefficient (Wildman–Crippen LogP) is 4.36. The van der Waals surface area contributed by atoms with E-state index >= 15 is 0 Å². The summed E-state index contributed by atoms with van der Waals surface area (Å²) < 4.78 is 32.6. The molecule has 0 radical (unpaired) electrons. The van der Waals surface area contributed by atoms with Crippen LogP contribution in [0.4, 0.5) is 19.3 Å². The minimum atomic E-state index is -0.839. The quantitative estimate of drug-likeness (QED) is 0.589. The van der Waals surface area contributed by atoms with Crippen LogP contribution in [0.1, 0.15) is 27.7 Å². The van der Waals surface area contributed by atoms with Gasteiger partial charge in [-0.05, 0) is 64.1 Å². The van der Waals surface area contributed by atoms with Crippen LogP contribution in [0.15, 0.2) is 36.4 Å². The summed E-state index contributed by atoms with van der Waals surface area (Å²) in [6.07, 6.45) is -0.698. The molecule has 0 aliphatic rings. The predicted molar refractivity (Wildman–Crippen MR) is 109 cm³/mol. The normalized spacial score (nSPS) is 12.5. The molecule has 1 heterocycles. The van der Waals surface area contributed by atoms with E-state index in [0.717, 1.165) is 18.2 Å². The van der Waals surface area contributed by atoms with Crippen LogP contribution < -0.4 is 10.6 Å². The van der Waals surface area contributed by atoms with E-state index in [1.54, 1.807) is 39.0 Å². The molecule has 0 aliphatic carbocycles. The number of hydrogen-bond donors (Lipinski definition) is 3. The number of hydrogen-bond acceptors (Lipinski definition) is 4. The lowest BCUT2D eigenvalue weighted by Crippen LogP contribution is -2.43. The lowest BCUT2D eigenvalue weighted by Gasteiger charge is -2.21. The number of benzene rings is 2. The number of alkyl carbamates (subject to hydrolysis) is 1. The zero-order valence-electron chi connectivity index (χ0n) is 17.0. The highest BCUT2D eigenvalue weighted by Gasteiger charge is 2.21. The molecule has 1 atom stereocenters. The molecule has 30 heavy (non-hydrogen) atoms. The van der Waals surface area contributed by atoms with E-state index < -0.39 is 35.3 Å². The Balaban J connectivity index is 1.73. The number of ether oxygens (including phenoxy) is 1. The average Bonchev–Trinajstić information content (AvgIpc) is 3.05. The van der Waals surface area contributed by atoms with Crippen LogP contribution in [0.3, 0.4) is 0 Å². The molecule has 0 saturated heterocycles. The van der Waals surface area contributed by atoms with Crippen molar-refractivity contribution in [1.82, 2.24) is 15.3 Å². The van der Waals surface area contributed by atoms with Crippen LogP contribution in [0, 0.1) is 11.6 Å². The first kappa shape index (κ1) is 21.2. The van der Waals surface area contributed by atoms with Crippen molar-refractivity contribution in [1.29, 1.82) is 0 Å². The summed E-state index contributed by atoms with van der Waals surface area (Å²) in [7, 11) is 0. The molecule has 0 unspecified atom stereocenters. The van der Waals surface area contributed by atoms with E-state index in [1.807, 2.05) is 0 Å². The van der Waals surface area contributed by atoms with Gasteiger partial charge in [0.25, 0.3) is 0 Å². The third-order valence-corrected chi connectivity index (χ3v) is 4.06. The number of fused-ring (bicyclic) bond motifs is 1. The number of aromatic nitrogens is 2. The van der Waals surface area contributed by atoms with Crippen LogP contribution in [-0.4, -0.2) is 33.6 Å². The number of aromatic amines is 1. The fourth-order valence-corrected chi connectivity index (χ4v) is 2.69. The second kappa shape index (κ2) is 8.10. The van der Waals surface area contributed by atoms with E-state index in [4.69, 9.17) is 4.74 Å². The van der Waals surface area contributed by atoms with Gasteiger partial charge in [0, 0.05) is 5.69 Å². The number of anilines is 1. The number of imidazole rings is 1. The van der Waals surface area contributed by atoms with Crippen LogP contribution in [0.25, 0.3) is 22.4 Å². The zero-order valence-corrected chi connectivity index (χ0v) is 17.0. The highest BCUT2D eigenvalue weighted by atomic mass is 19.1. The Morgan fingerprint density at radius 2 is 1.87 bits per heavy atom. The second-order valence-electron chi connectivity index (χ2n) is 7.80. The SMILES string of the molecule is C[C@@H](NC(=O)OC(C)(C)C)C(=O)Nc1ccc2nc(-c3cc(F)ccc3F)[nH]c2c1. The van der Waals surface area contributed by atoms with Gasteiger partial charge < -0.3 is 20.4 Å². The Hall–Kier alpha value is -3.49. The minimum absolute atomic E-state index is 0.00645. The Bertz CT molecular complexity index is 1110. The topological polar surface area (TPSA) is 96.1 Å². The summed E-state index contributed by atoms with van der Waals surface area (Å²) in [6, 6.07) is 7.14. The Morgan fingerprint density at radius 3 is 2.57 bits per heavy atom. The van der Waals surface area contributed by atoms with Crippen molar-refractivity contribution >= 4 is 28.7 Å². The van der Waals surface area contributed by atoms with E-state index in [9.17, 15) is 18.4 Å². The second-order valence-corrected chi connectivity index (χ2v) is 7.80. The monoisotopic (exact) mass is 416 g/mol. The molecule has 0 saturated carbocycles. The van der Waals surface area contributed by atoms with Gasteiger partial charge in [-0.1, -0.05) is 0 Å². The number of H-pyrrole nitrogens is 1.